The number of alkyl halides is 3. The van der Waals surface area contributed by atoms with Crippen LogP contribution in [0.2, 0.25) is 0 Å². The average Bonchev–Trinajstić information content (AvgIpc) is 3.39. The zero-order valence-electron chi connectivity index (χ0n) is 18.0. The summed E-state index contributed by atoms with van der Waals surface area (Å²) in [7, 11) is 0. The smallest absolute Gasteiger partial charge is 0.334 e. The predicted octanol–water partition coefficient (Wildman–Crippen LogP) is 4.45. The molecule has 10 heteroatoms. The molecule has 1 amide bonds. The molecule has 0 radical (unpaired) electrons. The Morgan fingerprint density at radius 3 is 2.75 bits per heavy atom. The summed E-state index contributed by atoms with van der Waals surface area (Å²) in [6.07, 6.45) is 3.52. The highest BCUT2D eigenvalue weighted by Crippen LogP contribution is 2.37. The number of aromatic nitrogens is 5. The van der Waals surface area contributed by atoms with Gasteiger partial charge >= 0.3 is 6.18 Å². The highest BCUT2D eigenvalue weighted by molar-refractivity contribution is 5.77. The first-order valence-electron chi connectivity index (χ1n) is 10.6. The Morgan fingerprint density at radius 1 is 1.22 bits per heavy atom. The van der Waals surface area contributed by atoms with Crippen LogP contribution in [0.5, 0.6) is 0 Å². The molecule has 1 fully saturated rings. The van der Waals surface area contributed by atoms with Gasteiger partial charge in [-0.1, -0.05) is 0 Å². The molecule has 32 heavy (non-hydrogen) atoms. The predicted molar refractivity (Wildman–Crippen MR) is 111 cm³/mol. The Bertz CT molecular complexity index is 1100. The second-order valence-corrected chi connectivity index (χ2v) is 8.13. The summed E-state index contributed by atoms with van der Waals surface area (Å²) >= 11 is 0. The minimum absolute atomic E-state index is 0.0775. The van der Waals surface area contributed by atoms with Gasteiger partial charge in [-0.15, -0.1) is 0 Å². The van der Waals surface area contributed by atoms with Gasteiger partial charge in [-0.25, -0.2) is 0 Å². The molecular weight excluding hydrogens is 421 g/mol. The minimum Gasteiger partial charge on any atom is -0.334 e. The molecule has 0 unspecified atom stereocenters. The number of amides is 1. The van der Waals surface area contributed by atoms with Crippen LogP contribution in [0.1, 0.15) is 54.4 Å². The van der Waals surface area contributed by atoms with Crippen LogP contribution in [-0.2, 0) is 17.5 Å². The van der Waals surface area contributed by atoms with Gasteiger partial charge in [-0.2, -0.15) is 23.4 Å². The third kappa shape index (κ3) is 4.39. The van der Waals surface area contributed by atoms with Crippen LogP contribution in [0.3, 0.4) is 0 Å². The first kappa shape index (κ1) is 22.0. The van der Waals surface area contributed by atoms with Crippen molar-refractivity contribution in [3.8, 4) is 11.1 Å². The fourth-order valence-corrected chi connectivity index (χ4v) is 4.29. The lowest BCUT2D eigenvalue weighted by Gasteiger charge is -2.36. The lowest BCUT2D eigenvalue weighted by Crippen LogP contribution is -2.39. The summed E-state index contributed by atoms with van der Waals surface area (Å²) in [5.74, 6) is -0.106. The van der Waals surface area contributed by atoms with Gasteiger partial charge in [0.05, 0.1) is 17.9 Å². The number of aromatic amines is 1. The number of piperidine rings is 1. The van der Waals surface area contributed by atoms with E-state index in [1.807, 2.05) is 17.9 Å². The maximum atomic E-state index is 13.1. The van der Waals surface area contributed by atoms with E-state index in [1.54, 1.807) is 25.5 Å². The summed E-state index contributed by atoms with van der Waals surface area (Å²) in [4.78, 5) is 19.1. The number of aryl methyl sites for hydroxylation is 3. The van der Waals surface area contributed by atoms with Crippen molar-refractivity contribution in [1.29, 1.82) is 0 Å². The SMILES string of the molecule is Cc1cnccc1-c1cn[nH]c1[C@@H]1CCCCN1C(=O)CCn1nc(C(F)(F)F)cc1C. The monoisotopic (exact) mass is 446 g/mol. The van der Waals surface area contributed by atoms with E-state index in [2.05, 4.69) is 20.3 Å². The highest BCUT2D eigenvalue weighted by Gasteiger charge is 2.35. The number of halogens is 3. The quantitative estimate of drug-likeness (QED) is 0.628. The van der Waals surface area contributed by atoms with Crippen molar-refractivity contribution in [3.63, 3.8) is 0 Å². The van der Waals surface area contributed by atoms with Crippen molar-refractivity contribution >= 4 is 5.91 Å². The van der Waals surface area contributed by atoms with Crippen molar-refractivity contribution in [1.82, 2.24) is 29.9 Å². The van der Waals surface area contributed by atoms with Gasteiger partial charge in [0, 0.05) is 43.2 Å². The Morgan fingerprint density at radius 2 is 2.03 bits per heavy atom. The topological polar surface area (TPSA) is 79.7 Å². The maximum Gasteiger partial charge on any atom is 0.435 e. The van der Waals surface area contributed by atoms with Crippen LogP contribution < -0.4 is 0 Å². The minimum atomic E-state index is -4.50. The Hall–Kier alpha value is -3.17. The zero-order chi connectivity index (χ0) is 22.9. The standard InChI is InChI=1S/C22H25F3N6O/c1-14-12-26-8-6-16(14)17-13-27-28-21(17)18-5-3-4-9-30(18)20(32)7-10-31-15(2)11-19(29-31)22(23,24)25/h6,8,11-13,18H,3-5,7,9-10H2,1-2H3,(H,27,28)/t18-/m0/s1. The van der Waals surface area contributed by atoms with Crippen molar-refractivity contribution in [3.05, 3.63) is 53.4 Å². The molecule has 1 atom stereocenters. The van der Waals surface area contributed by atoms with E-state index in [4.69, 9.17) is 0 Å². The number of nitrogens with zero attached hydrogens (tertiary/aromatic N) is 5. The molecule has 0 aliphatic carbocycles. The molecule has 1 aliphatic rings. The summed E-state index contributed by atoms with van der Waals surface area (Å²) in [5, 5.41) is 10.9. The van der Waals surface area contributed by atoms with E-state index in [-0.39, 0.29) is 24.9 Å². The molecule has 170 valence electrons. The molecule has 0 saturated carbocycles. The van der Waals surface area contributed by atoms with Crippen molar-refractivity contribution in [2.24, 2.45) is 0 Å². The molecule has 3 aromatic heterocycles. The summed E-state index contributed by atoms with van der Waals surface area (Å²) in [6.45, 7) is 4.24. The Balaban J connectivity index is 1.53. The summed E-state index contributed by atoms with van der Waals surface area (Å²) in [6, 6.07) is 2.77. The maximum absolute atomic E-state index is 13.1. The Labute approximate surface area is 183 Å². The second kappa shape index (κ2) is 8.76. The zero-order valence-corrected chi connectivity index (χ0v) is 18.0. The van der Waals surface area contributed by atoms with E-state index in [0.29, 0.717) is 12.2 Å². The van der Waals surface area contributed by atoms with Gasteiger partial charge in [0.25, 0.3) is 0 Å². The average molecular weight is 446 g/mol. The van der Waals surface area contributed by atoms with E-state index in [9.17, 15) is 18.0 Å². The number of pyridine rings is 1. The van der Waals surface area contributed by atoms with Crippen molar-refractivity contribution < 1.29 is 18.0 Å². The van der Waals surface area contributed by atoms with Gasteiger partial charge < -0.3 is 4.90 Å². The van der Waals surface area contributed by atoms with Crippen molar-refractivity contribution in [2.75, 3.05) is 6.54 Å². The first-order valence-corrected chi connectivity index (χ1v) is 10.6. The third-order valence-corrected chi connectivity index (χ3v) is 5.94. The molecule has 1 N–H and O–H groups in total. The molecule has 1 aliphatic heterocycles. The van der Waals surface area contributed by atoms with Gasteiger partial charge in [-0.05, 0) is 56.4 Å². The normalized spacial score (nSPS) is 17.0. The number of H-pyrrole nitrogens is 1. The van der Waals surface area contributed by atoms with Crippen LogP contribution in [0.4, 0.5) is 13.2 Å². The number of rotatable bonds is 5. The van der Waals surface area contributed by atoms with E-state index in [1.165, 1.54) is 4.68 Å². The van der Waals surface area contributed by atoms with Crippen LogP contribution in [0.15, 0.2) is 30.7 Å². The Kier molecular flexibility index (Phi) is 6.03. The van der Waals surface area contributed by atoms with Gasteiger partial charge in [-0.3, -0.25) is 19.6 Å². The van der Waals surface area contributed by atoms with Crippen molar-refractivity contribution in [2.45, 2.75) is 58.3 Å². The molecule has 7 nitrogen and oxygen atoms in total. The van der Waals surface area contributed by atoms with E-state index >= 15 is 0 Å². The lowest BCUT2D eigenvalue weighted by molar-refractivity contribution is -0.141. The molecule has 0 aromatic carbocycles. The fraction of sp³-hybridized carbons (Fsp3) is 0.455. The molecule has 4 rings (SSSR count). The van der Waals surface area contributed by atoms with Gasteiger partial charge in [0.2, 0.25) is 5.91 Å². The molecule has 3 aromatic rings. The highest BCUT2D eigenvalue weighted by atomic mass is 19.4. The number of carbonyl (C=O) groups is 1. The fourth-order valence-electron chi connectivity index (χ4n) is 4.29. The molecular formula is C22H25F3N6O. The third-order valence-electron chi connectivity index (χ3n) is 5.94. The molecule has 1 saturated heterocycles. The number of nitrogens with one attached hydrogen (secondary N) is 1. The number of hydrogen-bond donors (Lipinski definition) is 1. The molecule has 0 spiro atoms. The van der Waals surface area contributed by atoms with Gasteiger partial charge in [0.15, 0.2) is 5.69 Å². The first-order chi connectivity index (χ1) is 15.3. The largest absolute Gasteiger partial charge is 0.435 e. The molecule has 4 heterocycles. The van der Waals surface area contributed by atoms with Crippen LogP contribution in [-0.4, -0.2) is 42.3 Å². The van der Waals surface area contributed by atoms with E-state index < -0.39 is 11.9 Å². The number of carbonyl (C=O) groups excluding carboxylic acids is 1. The number of likely N-dealkylation sites (tertiary alicyclic amines) is 1. The van der Waals surface area contributed by atoms with Crippen LogP contribution >= 0.6 is 0 Å². The summed E-state index contributed by atoms with van der Waals surface area (Å²) in [5.41, 5.74) is 3.28. The van der Waals surface area contributed by atoms with E-state index in [0.717, 1.165) is 47.7 Å². The summed E-state index contributed by atoms with van der Waals surface area (Å²) < 4.78 is 40.0. The molecule has 0 bridgehead atoms. The second-order valence-electron chi connectivity index (χ2n) is 8.13. The number of hydrogen-bond acceptors (Lipinski definition) is 4. The van der Waals surface area contributed by atoms with Crippen LogP contribution in [0, 0.1) is 13.8 Å². The van der Waals surface area contributed by atoms with Gasteiger partial charge in [0.1, 0.15) is 0 Å². The van der Waals surface area contributed by atoms with Crippen LogP contribution in [0.25, 0.3) is 11.1 Å². The lowest BCUT2D eigenvalue weighted by atomic mass is 9.93.